The maximum atomic E-state index is 12.1. The third kappa shape index (κ3) is 5.30. The van der Waals surface area contributed by atoms with Gasteiger partial charge in [0.2, 0.25) is 0 Å². The van der Waals surface area contributed by atoms with Gasteiger partial charge in [0, 0.05) is 5.69 Å². The van der Waals surface area contributed by atoms with Gasteiger partial charge in [0.05, 0.1) is 12.4 Å². The Balaban J connectivity index is 2.93. The van der Waals surface area contributed by atoms with Crippen LogP contribution in [0, 0.1) is 0 Å². The summed E-state index contributed by atoms with van der Waals surface area (Å²) in [6.45, 7) is 5.23. The molecule has 0 fully saturated rings. The van der Waals surface area contributed by atoms with Gasteiger partial charge in [-0.05, 0) is 32.9 Å². The number of hydrogen-bond acceptors (Lipinski definition) is 3. The number of alkyl halides is 1. The molecule has 0 spiro atoms. The summed E-state index contributed by atoms with van der Waals surface area (Å²) in [6.07, 6.45) is -0.558. The van der Waals surface area contributed by atoms with Crippen LogP contribution in [0.25, 0.3) is 0 Å². The fourth-order valence-electron chi connectivity index (χ4n) is 1.40. The van der Waals surface area contributed by atoms with Crippen molar-refractivity contribution in [1.29, 1.82) is 0 Å². The van der Waals surface area contributed by atoms with Crippen molar-refractivity contribution in [2.75, 3.05) is 17.3 Å². The number of carbonyl (C=O) groups is 2. The number of rotatable bonds is 4. The highest BCUT2D eigenvalue weighted by Gasteiger charge is 2.24. The van der Waals surface area contributed by atoms with E-state index >= 15 is 0 Å². The van der Waals surface area contributed by atoms with E-state index in [0.717, 1.165) is 0 Å². The van der Waals surface area contributed by atoms with E-state index in [-0.39, 0.29) is 18.2 Å². The van der Waals surface area contributed by atoms with Crippen LogP contribution in [0.15, 0.2) is 30.3 Å². The van der Waals surface area contributed by atoms with Gasteiger partial charge in [-0.3, -0.25) is 9.69 Å². The molecule has 0 aliphatic rings. The van der Waals surface area contributed by atoms with Crippen LogP contribution >= 0.6 is 11.6 Å². The molecule has 5 heteroatoms. The molecule has 0 radical (unpaired) electrons. The van der Waals surface area contributed by atoms with Crippen LogP contribution in [0.3, 0.4) is 0 Å². The van der Waals surface area contributed by atoms with Crippen molar-refractivity contribution < 1.29 is 14.3 Å². The lowest BCUT2D eigenvalue weighted by atomic mass is 10.2. The van der Waals surface area contributed by atoms with Gasteiger partial charge in [-0.15, -0.1) is 11.6 Å². The molecule has 0 aliphatic heterocycles. The van der Waals surface area contributed by atoms with E-state index < -0.39 is 11.7 Å². The number of amides is 1. The fourth-order valence-corrected chi connectivity index (χ4v) is 1.49. The molecule has 0 unspecified atom stereocenters. The molecule has 1 aromatic carbocycles. The molecule has 4 nitrogen and oxygen atoms in total. The van der Waals surface area contributed by atoms with Crippen LogP contribution in [0.1, 0.15) is 20.8 Å². The van der Waals surface area contributed by atoms with Gasteiger partial charge >= 0.3 is 6.09 Å². The lowest BCUT2D eigenvalue weighted by Gasteiger charge is -2.26. The molecule has 0 aliphatic carbocycles. The van der Waals surface area contributed by atoms with Gasteiger partial charge in [0.15, 0.2) is 5.78 Å². The minimum Gasteiger partial charge on any atom is -0.443 e. The zero-order chi connectivity index (χ0) is 14.5. The molecule has 1 rings (SSSR count). The zero-order valence-corrected chi connectivity index (χ0v) is 12.1. The summed E-state index contributed by atoms with van der Waals surface area (Å²) >= 11 is 5.49. The first-order chi connectivity index (χ1) is 8.83. The number of carbonyl (C=O) groups excluding carboxylic acids is 2. The minimum atomic E-state index is -0.617. The van der Waals surface area contributed by atoms with Gasteiger partial charge in [-0.1, -0.05) is 18.2 Å². The molecular formula is C14H18ClNO3. The van der Waals surface area contributed by atoms with Crippen molar-refractivity contribution in [1.82, 2.24) is 0 Å². The Bertz CT molecular complexity index is 440. The summed E-state index contributed by atoms with van der Waals surface area (Å²) in [5.74, 6) is -0.372. The smallest absolute Gasteiger partial charge is 0.415 e. The molecule has 0 bridgehead atoms. The highest BCUT2D eigenvalue weighted by molar-refractivity contribution is 6.28. The van der Waals surface area contributed by atoms with Crippen molar-refractivity contribution in [2.24, 2.45) is 0 Å². The number of ketones is 1. The molecule has 1 aromatic rings. The Morgan fingerprint density at radius 1 is 1.21 bits per heavy atom. The summed E-state index contributed by atoms with van der Waals surface area (Å²) in [6, 6.07) is 8.90. The van der Waals surface area contributed by atoms with Crippen molar-refractivity contribution in [3.8, 4) is 0 Å². The van der Waals surface area contributed by atoms with Gasteiger partial charge in [-0.2, -0.15) is 0 Å². The summed E-state index contributed by atoms with van der Waals surface area (Å²) in [5.41, 5.74) is -0.0103. The fraction of sp³-hybridized carbons (Fsp3) is 0.429. The predicted molar refractivity (Wildman–Crippen MR) is 75.7 cm³/mol. The minimum absolute atomic E-state index is 0.0948. The molecule has 1 amide bonds. The first-order valence-electron chi connectivity index (χ1n) is 5.96. The molecule has 19 heavy (non-hydrogen) atoms. The van der Waals surface area contributed by atoms with E-state index in [4.69, 9.17) is 16.3 Å². The average Bonchev–Trinajstić information content (AvgIpc) is 2.34. The van der Waals surface area contributed by atoms with Crippen molar-refractivity contribution in [3.05, 3.63) is 30.3 Å². The quantitative estimate of drug-likeness (QED) is 0.797. The van der Waals surface area contributed by atoms with Gasteiger partial charge in [0.1, 0.15) is 5.60 Å². The molecule has 0 heterocycles. The molecule has 0 atom stereocenters. The van der Waals surface area contributed by atoms with Crippen LogP contribution in [-0.2, 0) is 9.53 Å². The maximum Gasteiger partial charge on any atom is 0.415 e. The normalized spacial score (nSPS) is 10.9. The number of ether oxygens (including phenoxy) is 1. The first-order valence-corrected chi connectivity index (χ1v) is 6.50. The SMILES string of the molecule is CC(C)(C)OC(=O)N(CC(=O)CCl)c1ccccc1. The highest BCUT2D eigenvalue weighted by Crippen LogP contribution is 2.17. The lowest BCUT2D eigenvalue weighted by molar-refractivity contribution is -0.115. The van der Waals surface area contributed by atoms with Crippen LogP contribution < -0.4 is 4.90 Å². The van der Waals surface area contributed by atoms with Crippen LogP contribution in [0.2, 0.25) is 0 Å². The highest BCUT2D eigenvalue weighted by atomic mass is 35.5. The Morgan fingerprint density at radius 2 is 1.79 bits per heavy atom. The van der Waals surface area contributed by atoms with E-state index in [1.807, 2.05) is 6.07 Å². The van der Waals surface area contributed by atoms with Crippen LogP contribution in [-0.4, -0.2) is 29.9 Å². The Labute approximate surface area is 118 Å². The van der Waals surface area contributed by atoms with Crippen LogP contribution in [0.5, 0.6) is 0 Å². The third-order valence-corrected chi connectivity index (χ3v) is 2.46. The first kappa shape index (κ1) is 15.5. The van der Waals surface area contributed by atoms with E-state index in [1.54, 1.807) is 45.0 Å². The summed E-state index contributed by atoms with van der Waals surface area (Å²) < 4.78 is 5.29. The van der Waals surface area contributed by atoms with Gasteiger partial charge in [-0.25, -0.2) is 4.79 Å². The van der Waals surface area contributed by atoms with Crippen molar-refractivity contribution >= 4 is 29.2 Å². The molecule has 0 saturated heterocycles. The molecule has 104 valence electrons. The average molecular weight is 284 g/mol. The predicted octanol–water partition coefficient (Wildman–Crippen LogP) is 3.24. The zero-order valence-electron chi connectivity index (χ0n) is 11.4. The Kier molecular flexibility index (Phi) is 5.36. The summed E-state index contributed by atoms with van der Waals surface area (Å²) in [4.78, 5) is 24.9. The van der Waals surface area contributed by atoms with Gasteiger partial charge < -0.3 is 4.74 Å². The second-order valence-electron chi connectivity index (χ2n) is 5.07. The number of Topliss-reactive ketones (excluding diaryl/α,β-unsaturated/α-hetero) is 1. The molecular weight excluding hydrogens is 266 g/mol. The number of benzene rings is 1. The van der Waals surface area contributed by atoms with E-state index in [0.29, 0.717) is 5.69 Å². The van der Waals surface area contributed by atoms with E-state index in [1.165, 1.54) is 4.90 Å². The maximum absolute atomic E-state index is 12.1. The van der Waals surface area contributed by atoms with E-state index in [2.05, 4.69) is 0 Å². The van der Waals surface area contributed by atoms with Crippen molar-refractivity contribution in [3.63, 3.8) is 0 Å². The Morgan fingerprint density at radius 3 is 2.26 bits per heavy atom. The van der Waals surface area contributed by atoms with Gasteiger partial charge in [0.25, 0.3) is 0 Å². The number of hydrogen-bond donors (Lipinski definition) is 0. The second-order valence-corrected chi connectivity index (χ2v) is 5.34. The molecule has 0 N–H and O–H groups in total. The number of para-hydroxylation sites is 1. The number of nitrogens with zero attached hydrogens (tertiary/aromatic N) is 1. The largest absolute Gasteiger partial charge is 0.443 e. The van der Waals surface area contributed by atoms with Crippen LogP contribution in [0.4, 0.5) is 10.5 Å². The standard InChI is InChI=1S/C14H18ClNO3/c1-14(2,3)19-13(18)16(10-12(17)9-15)11-7-5-4-6-8-11/h4-8H,9-10H2,1-3H3. The lowest BCUT2D eigenvalue weighted by Crippen LogP contribution is -2.40. The van der Waals surface area contributed by atoms with Crippen molar-refractivity contribution in [2.45, 2.75) is 26.4 Å². The Hall–Kier alpha value is -1.55. The number of anilines is 1. The molecule has 0 saturated carbocycles. The monoisotopic (exact) mass is 283 g/mol. The van der Waals surface area contributed by atoms with E-state index in [9.17, 15) is 9.59 Å². The second kappa shape index (κ2) is 6.57. The number of halogens is 1. The summed E-state index contributed by atoms with van der Waals surface area (Å²) in [5, 5.41) is 0. The summed E-state index contributed by atoms with van der Waals surface area (Å²) in [7, 11) is 0. The topological polar surface area (TPSA) is 46.6 Å². The third-order valence-electron chi connectivity index (χ3n) is 2.17. The molecule has 0 aromatic heterocycles.